The monoisotopic (exact) mass is 304 g/mol. The number of H-pyrrole nitrogens is 1. The molecule has 1 saturated heterocycles. The van der Waals surface area contributed by atoms with E-state index in [1.165, 1.54) is 11.0 Å². The highest BCUT2D eigenvalue weighted by molar-refractivity contribution is 5.87. The average molecular weight is 304 g/mol. The van der Waals surface area contributed by atoms with Gasteiger partial charge < -0.3 is 14.6 Å². The fourth-order valence-electron chi connectivity index (χ4n) is 2.58. The predicted octanol–water partition coefficient (Wildman–Crippen LogP) is 1.77. The third kappa shape index (κ3) is 2.66. The van der Waals surface area contributed by atoms with Crippen molar-refractivity contribution in [1.29, 1.82) is 0 Å². The average Bonchev–Trinajstić information content (AvgIpc) is 2.97. The van der Waals surface area contributed by atoms with Crippen molar-refractivity contribution >= 4 is 16.9 Å². The smallest absolute Gasteiger partial charge is 0.246 e. The minimum Gasteiger partial charge on any atom is -0.469 e. The zero-order chi connectivity index (χ0) is 15.7. The van der Waals surface area contributed by atoms with Crippen molar-refractivity contribution in [3.05, 3.63) is 30.7 Å². The Kier molecular flexibility index (Phi) is 3.79. The van der Waals surface area contributed by atoms with Gasteiger partial charge >= 0.3 is 0 Å². The lowest BCUT2D eigenvalue weighted by Crippen LogP contribution is -2.49. The molecule has 0 saturated carbocycles. The maximum absolute atomic E-state index is 14.2. The first kappa shape index (κ1) is 14.5. The van der Waals surface area contributed by atoms with Gasteiger partial charge in [-0.25, -0.2) is 9.37 Å². The lowest BCUT2D eigenvalue weighted by Gasteiger charge is -2.34. The van der Waals surface area contributed by atoms with Gasteiger partial charge in [0.2, 0.25) is 11.8 Å². The molecule has 6 nitrogen and oxygen atoms in total. The van der Waals surface area contributed by atoms with Crippen LogP contribution in [-0.4, -0.2) is 51.1 Å². The van der Waals surface area contributed by atoms with Gasteiger partial charge in [0.15, 0.2) is 0 Å². The maximum Gasteiger partial charge on any atom is 0.246 e. The van der Waals surface area contributed by atoms with Crippen LogP contribution in [-0.2, 0) is 4.79 Å². The number of amides is 1. The number of aryl methyl sites for hydroxylation is 1. The number of carbonyl (C=O) groups is 1. The molecule has 2 atom stereocenters. The summed E-state index contributed by atoms with van der Waals surface area (Å²) in [6.07, 6.45) is 1.31. The molecule has 1 aliphatic rings. The normalized spacial score (nSPS) is 21.8. The Bertz CT molecular complexity index is 715. The van der Waals surface area contributed by atoms with Crippen LogP contribution in [0.4, 0.5) is 4.39 Å². The number of likely N-dealkylation sites (tertiary alicyclic amines) is 1. The number of hydrogen-bond donors (Lipinski definition) is 1. The van der Waals surface area contributed by atoms with E-state index >= 15 is 0 Å². The number of halogens is 1. The Balaban J connectivity index is 1.85. The van der Waals surface area contributed by atoms with E-state index in [2.05, 4.69) is 21.5 Å². The molecule has 1 amide bonds. The molecule has 1 N–H and O–H groups in total. The topological polar surface area (TPSA) is 71.1 Å². The number of alkyl halides is 1. The molecule has 22 heavy (non-hydrogen) atoms. The van der Waals surface area contributed by atoms with Gasteiger partial charge in [-0.3, -0.25) is 4.79 Å². The van der Waals surface area contributed by atoms with E-state index in [4.69, 9.17) is 4.74 Å². The van der Waals surface area contributed by atoms with Gasteiger partial charge in [-0.05, 0) is 25.5 Å². The molecule has 7 heteroatoms. The number of nitrogens with zero attached hydrogens (tertiary/aromatic N) is 3. The molecule has 3 heterocycles. The maximum atomic E-state index is 14.2. The lowest BCUT2D eigenvalue weighted by atomic mass is 10.1. The number of piperidine rings is 1. The fraction of sp³-hybridized carbons (Fsp3) is 0.400. The Hall–Kier alpha value is -2.44. The number of rotatable bonds is 3. The molecule has 3 rings (SSSR count). The van der Waals surface area contributed by atoms with Crippen LogP contribution in [0.25, 0.3) is 11.0 Å². The van der Waals surface area contributed by atoms with Gasteiger partial charge in [0.25, 0.3) is 0 Å². The highest BCUT2D eigenvalue weighted by Crippen LogP contribution is 2.26. The van der Waals surface area contributed by atoms with Crippen molar-refractivity contribution in [2.45, 2.75) is 25.6 Å². The van der Waals surface area contributed by atoms with E-state index in [1.807, 2.05) is 0 Å². The van der Waals surface area contributed by atoms with Gasteiger partial charge in [0.05, 0.1) is 11.9 Å². The van der Waals surface area contributed by atoms with E-state index in [0.717, 1.165) is 0 Å². The van der Waals surface area contributed by atoms with Crippen molar-refractivity contribution in [2.75, 3.05) is 13.1 Å². The summed E-state index contributed by atoms with van der Waals surface area (Å²) >= 11 is 0. The predicted molar refractivity (Wildman–Crippen MR) is 79.3 cm³/mol. The van der Waals surface area contributed by atoms with Gasteiger partial charge in [0.1, 0.15) is 23.7 Å². The van der Waals surface area contributed by atoms with Crippen LogP contribution < -0.4 is 4.74 Å². The molecule has 0 aromatic carbocycles. The van der Waals surface area contributed by atoms with Crippen LogP contribution in [0.2, 0.25) is 0 Å². The first-order valence-electron chi connectivity index (χ1n) is 7.12. The van der Waals surface area contributed by atoms with Gasteiger partial charge in [-0.15, -0.1) is 0 Å². The molecular weight excluding hydrogens is 287 g/mol. The third-order valence-electron chi connectivity index (χ3n) is 3.72. The minimum atomic E-state index is -1.14. The van der Waals surface area contributed by atoms with E-state index in [1.54, 1.807) is 19.2 Å². The summed E-state index contributed by atoms with van der Waals surface area (Å²) < 4.78 is 19.9. The summed E-state index contributed by atoms with van der Waals surface area (Å²) in [5, 5.41) is 0.699. The summed E-state index contributed by atoms with van der Waals surface area (Å²) in [7, 11) is 0. The summed E-state index contributed by atoms with van der Waals surface area (Å²) in [4.78, 5) is 24.7. The van der Waals surface area contributed by atoms with E-state index in [-0.39, 0.29) is 18.9 Å². The van der Waals surface area contributed by atoms with Crippen molar-refractivity contribution in [1.82, 2.24) is 19.9 Å². The number of aromatic amines is 1. The molecule has 0 unspecified atom stereocenters. The zero-order valence-corrected chi connectivity index (χ0v) is 12.3. The lowest BCUT2D eigenvalue weighted by molar-refractivity contribution is -0.130. The van der Waals surface area contributed by atoms with Gasteiger partial charge in [-0.2, -0.15) is 4.98 Å². The molecule has 0 bridgehead atoms. The number of nitrogens with one attached hydrogen (secondary N) is 1. The Morgan fingerprint density at radius 2 is 2.41 bits per heavy atom. The molecule has 2 aromatic heterocycles. The third-order valence-corrected chi connectivity index (χ3v) is 3.72. The van der Waals surface area contributed by atoms with E-state index in [0.29, 0.717) is 29.3 Å². The Labute approximate surface area is 127 Å². The highest BCUT2D eigenvalue weighted by atomic mass is 19.1. The molecular formula is C15H17FN4O2. The van der Waals surface area contributed by atoms with E-state index in [9.17, 15) is 9.18 Å². The Morgan fingerprint density at radius 1 is 1.59 bits per heavy atom. The van der Waals surface area contributed by atoms with Crippen LogP contribution in [0.5, 0.6) is 5.88 Å². The second-order valence-electron chi connectivity index (χ2n) is 5.27. The van der Waals surface area contributed by atoms with Gasteiger partial charge in [-0.1, -0.05) is 6.58 Å². The summed E-state index contributed by atoms with van der Waals surface area (Å²) in [6, 6.07) is 1.78. The molecule has 1 fully saturated rings. The van der Waals surface area contributed by atoms with Crippen LogP contribution in [0.3, 0.4) is 0 Å². The van der Waals surface area contributed by atoms with Gasteiger partial charge in [0, 0.05) is 12.7 Å². The minimum absolute atomic E-state index is 0.182. The van der Waals surface area contributed by atoms with E-state index < -0.39 is 12.3 Å². The first-order chi connectivity index (χ1) is 10.6. The second kappa shape index (κ2) is 5.75. The quantitative estimate of drug-likeness (QED) is 0.877. The van der Waals surface area contributed by atoms with Crippen LogP contribution in [0.15, 0.2) is 24.9 Å². The summed E-state index contributed by atoms with van der Waals surface area (Å²) in [5.41, 5.74) is 0.646. The first-order valence-corrected chi connectivity index (χ1v) is 7.12. The molecule has 1 aliphatic heterocycles. The molecule has 2 aromatic rings. The molecule has 116 valence electrons. The highest BCUT2D eigenvalue weighted by Gasteiger charge is 2.33. The van der Waals surface area contributed by atoms with Crippen LogP contribution in [0, 0.1) is 6.92 Å². The standard InChI is InChI=1S/C15H17FN4O2/c1-3-13(21)20-7-5-11(16)12(8-20)22-15-10-4-6-17-14(10)18-9(2)19-15/h3-4,6,11-12H,1,5,7-8H2,2H3,(H,17,18,19)/t11-,12+/m0/s1. The number of fused-ring (bicyclic) bond motifs is 1. The zero-order valence-electron chi connectivity index (χ0n) is 12.3. The summed E-state index contributed by atoms with van der Waals surface area (Å²) in [6.45, 7) is 5.75. The van der Waals surface area contributed by atoms with Crippen molar-refractivity contribution in [3.63, 3.8) is 0 Å². The number of aromatic nitrogens is 3. The van der Waals surface area contributed by atoms with Crippen molar-refractivity contribution in [3.8, 4) is 5.88 Å². The Morgan fingerprint density at radius 3 is 3.18 bits per heavy atom. The van der Waals surface area contributed by atoms with Crippen LogP contribution >= 0.6 is 0 Å². The molecule has 0 radical (unpaired) electrons. The largest absolute Gasteiger partial charge is 0.469 e. The number of ether oxygens (including phenoxy) is 1. The van der Waals surface area contributed by atoms with Crippen molar-refractivity contribution in [2.24, 2.45) is 0 Å². The molecule has 0 aliphatic carbocycles. The summed E-state index contributed by atoms with van der Waals surface area (Å²) in [5.74, 6) is 0.658. The second-order valence-corrected chi connectivity index (χ2v) is 5.27. The van der Waals surface area contributed by atoms with Crippen LogP contribution in [0.1, 0.15) is 12.2 Å². The SMILES string of the molecule is C=CC(=O)N1CC[C@H](F)[C@H](Oc2nc(C)nc3[nH]ccc23)C1. The number of hydrogen-bond acceptors (Lipinski definition) is 4. The fourth-order valence-corrected chi connectivity index (χ4v) is 2.58. The molecule has 0 spiro atoms. The van der Waals surface area contributed by atoms with Crippen molar-refractivity contribution < 1.29 is 13.9 Å². The number of carbonyl (C=O) groups excluding carboxylic acids is 1.